The molecule has 2 N–H and O–H groups in total. The number of benzene rings is 2. The highest BCUT2D eigenvalue weighted by Crippen LogP contribution is 2.37. The van der Waals surface area contributed by atoms with Gasteiger partial charge < -0.3 is 14.8 Å². The van der Waals surface area contributed by atoms with Gasteiger partial charge >= 0.3 is 5.91 Å². The Bertz CT molecular complexity index is 1030. The summed E-state index contributed by atoms with van der Waals surface area (Å²) in [6.45, 7) is 1.62. The number of ether oxygens (including phenoxy) is 1. The molecule has 0 fully saturated rings. The van der Waals surface area contributed by atoms with Gasteiger partial charge in [0.15, 0.2) is 12.3 Å². The summed E-state index contributed by atoms with van der Waals surface area (Å²) < 4.78 is 6.92. The number of halogens is 3. The van der Waals surface area contributed by atoms with Crippen molar-refractivity contribution in [3.63, 3.8) is 0 Å². The van der Waals surface area contributed by atoms with Crippen LogP contribution in [0.1, 0.15) is 5.56 Å². The number of aromatic nitrogens is 1. The number of aromatic amines is 1. The van der Waals surface area contributed by atoms with Crippen LogP contribution in [0.15, 0.2) is 49.5 Å². The Morgan fingerprint density at radius 3 is 2.77 bits per heavy atom. The summed E-state index contributed by atoms with van der Waals surface area (Å²) in [5.74, 6) is -0.279. The second kappa shape index (κ2) is 7.77. The maximum atomic E-state index is 11.9. The Kier molecular flexibility index (Phi) is 5.64. The van der Waals surface area contributed by atoms with Crippen molar-refractivity contribution < 1.29 is 14.6 Å². The summed E-state index contributed by atoms with van der Waals surface area (Å²) in [6, 6.07) is 8.62. The molecule has 1 amide bonds. The maximum Gasteiger partial charge on any atom is 0.302 e. The van der Waals surface area contributed by atoms with Crippen LogP contribution >= 0.6 is 43.5 Å². The van der Waals surface area contributed by atoms with Crippen LogP contribution in [0.2, 0.25) is 5.02 Å². The van der Waals surface area contributed by atoms with Gasteiger partial charge in [0.25, 0.3) is 0 Å². The molecule has 26 heavy (non-hydrogen) atoms. The molecular weight excluding hydrogens is 489 g/mol. The lowest BCUT2D eigenvalue weighted by molar-refractivity contribution is -0.120. The van der Waals surface area contributed by atoms with Crippen LogP contribution in [-0.4, -0.2) is 22.6 Å². The third-order valence-corrected chi connectivity index (χ3v) is 5.25. The highest BCUT2D eigenvalue weighted by atomic mass is 79.9. The second-order valence-electron chi connectivity index (χ2n) is 5.43. The van der Waals surface area contributed by atoms with Crippen molar-refractivity contribution in [3.8, 4) is 11.6 Å². The number of rotatable bonds is 4. The zero-order valence-electron chi connectivity index (χ0n) is 13.4. The van der Waals surface area contributed by atoms with Gasteiger partial charge in [0.1, 0.15) is 5.75 Å². The van der Waals surface area contributed by atoms with Crippen molar-refractivity contribution in [3.05, 3.63) is 49.9 Å². The van der Waals surface area contributed by atoms with Crippen molar-refractivity contribution in [2.75, 3.05) is 6.61 Å². The topological polar surface area (TPSA) is 87.0 Å². The van der Waals surface area contributed by atoms with Gasteiger partial charge in [-0.2, -0.15) is 0 Å². The molecule has 134 valence electrons. The van der Waals surface area contributed by atoms with Crippen molar-refractivity contribution >= 4 is 66.0 Å². The van der Waals surface area contributed by atoms with E-state index in [0.29, 0.717) is 26.1 Å². The molecule has 1 heterocycles. The maximum absolute atomic E-state index is 11.9. The Morgan fingerprint density at radius 1 is 1.27 bits per heavy atom. The highest BCUT2D eigenvalue weighted by Gasteiger charge is 2.13. The van der Waals surface area contributed by atoms with Crippen molar-refractivity contribution in [2.45, 2.75) is 6.92 Å². The molecule has 3 rings (SSSR count). The molecule has 0 aliphatic heterocycles. The number of H-pyrrole nitrogens is 1. The van der Waals surface area contributed by atoms with Crippen LogP contribution in [-0.2, 0) is 4.79 Å². The monoisotopic (exact) mass is 499 g/mol. The standard InChI is InChI=1S/C17H12Br2ClN3O3/c1-8-4-10-13(6-11(8)18)21-17(25)16(10)23-22-15(24)7-26-14-3-2-9(20)5-12(14)19/h2-6,21,25H,7H2,1H3. The average Bonchev–Trinajstić information content (AvgIpc) is 2.87. The molecular formula is C17H12Br2ClN3O3. The first-order valence-electron chi connectivity index (χ1n) is 7.38. The van der Waals surface area contributed by atoms with Crippen LogP contribution < -0.4 is 4.74 Å². The molecule has 0 saturated carbocycles. The third kappa shape index (κ3) is 4.08. The fourth-order valence-electron chi connectivity index (χ4n) is 2.26. The Morgan fingerprint density at radius 2 is 2.04 bits per heavy atom. The number of nitrogens with one attached hydrogen (secondary N) is 1. The number of amides is 1. The summed E-state index contributed by atoms with van der Waals surface area (Å²) in [5.41, 5.74) is 1.86. The molecule has 0 spiro atoms. The summed E-state index contributed by atoms with van der Waals surface area (Å²) in [6.07, 6.45) is 0. The molecule has 1 aromatic heterocycles. The molecule has 0 radical (unpaired) electrons. The third-order valence-electron chi connectivity index (χ3n) is 3.54. The van der Waals surface area contributed by atoms with E-state index in [9.17, 15) is 9.90 Å². The van der Waals surface area contributed by atoms with Gasteiger partial charge in [0.05, 0.1) is 9.99 Å². The van der Waals surface area contributed by atoms with Gasteiger partial charge in [0, 0.05) is 14.9 Å². The Labute approximate surface area is 170 Å². The quantitative estimate of drug-likeness (QED) is 0.427. The molecule has 0 bridgehead atoms. The minimum absolute atomic E-state index is 0.157. The van der Waals surface area contributed by atoms with Crippen LogP contribution in [0.5, 0.6) is 11.6 Å². The number of hydrogen-bond donors (Lipinski definition) is 2. The van der Waals surface area contributed by atoms with E-state index in [4.69, 9.17) is 16.3 Å². The minimum atomic E-state index is -0.588. The van der Waals surface area contributed by atoms with E-state index in [1.165, 1.54) is 0 Å². The van der Waals surface area contributed by atoms with Gasteiger partial charge in [-0.1, -0.05) is 27.5 Å². The molecule has 6 nitrogen and oxygen atoms in total. The lowest BCUT2D eigenvalue weighted by Crippen LogP contribution is -2.08. The molecule has 3 aromatic rings. The van der Waals surface area contributed by atoms with Gasteiger partial charge in [-0.05, 0) is 58.7 Å². The summed E-state index contributed by atoms with van der Waals surface area (Å²) >= 11 is 12.6. The number of carbonyl (C=O) groups excluding carboxylic acids is 1. The SMILES string of the molecule is Cc1cc2c(N=NC(=O)COc3ccc(Cl)cc3Br)c(O)[nH]c2cc1Br. The normalized spacial score (nSPS) is 11.4. The molecule has 9 heteroatoms. The van der Waals surface area contributed by atoms with Crippen LogP contribution in [0.25, 0.3) is 10.9 Å². The summed E-state index contributed by atoms with van der Waals surface area (Å²) in [7, 11) is 0. The smallest absolute Gasteiger partial charge is 0.302 e. The van der Waals surface area contributed by atoms with Crippen molar-refractivity contribution in [1.82, 2.24) is 4.98 Å². The van der Waals surface area contributed by atoms with Gasteiger partial charge in [-0.3, -0.25) is 4.79 Å². The Hall–Kier alpha value is -1.90. The number of nitrogens with zero attached hydrogens (tertiary/aromatic N) is 2. The van der Waals surface area contributed by atoms with Gasteiger partial charge in [0.2, 0.25) is 5.88 Å². The van der Waals surface area contributed by atoms with E-state index in [1.54, 1.807) is 18.2 Å². The van der Waals surface area contributed by atoms with E-state index in [1.807, 2.05) is 19.1 Å². The largest absolute Gasteiger partial charge is 0.493 e. The number of azo groups is 1. The van der Waals surface area contributed by atoms with Crippen LogP contribution in [0.3, 0.4) is 0 Å². The summed E-state index contributed by atoms with van der Waals surface area (Å²) in [4.78, 5) is 14.7. The molecule has 2 aromatic carbocycles. The van der Waals surface area contributed by atoms with Crippen molar-refractivity contribution in [2.24, 2.45) is 10.2 Å². The first-order chi connectivity index (χ1) is 12.3. The number of fused-ring (bicyclic) bond motifs is 1. The Balaban J connectivity index is 1.75. The lowest BCUT2D eigenvalue weighted by atomic mass is 10.1. The minimum Gasteiger partial charge on any atom is -0.493 e. The molecule has 0 aliphatic carbocycles. The molecule has 0 atom stereocenters. The van der Waals surface area contributed by atoms with Crippen molar-refractivity contribution in [1.29, 1.82) is 0 Å². The molecule has 0 unspecified atom stereocenters. The second-order valence-corrected chi connectivity index (χ2v) is 7.57. The van der Waals surface area contributed by atoms with Crippen LogP contribution in [0.4, 0.5) is 5.69 Å². The predicted octanol–water partition coefficient (Wildman–Crippen LogP) is 6.05. The van der Waals surface area contributed by atoms with E-state index in [-0.39, 0.29) is 18.2 Å². The summed E-state index contributed by atoms with van der Waals surface area (Å²) in [5, 5.41) is 18.7. The first kappa shape index (κ1) is 18.9. The zero-order valence-corrected chi connectivity index (χ0v) is 17.3. The zero-order chi connectivity index (χ0) is 18.8. The fourth-order valence-corrected chi connectivity index (χ4v) is 3.40. The van der Waals surface area contributed by atoms with E-state index < -0.39 is 5.91 Å². The average molecular weight is 502 g/mol. The van der Waals surface area contributed by atoms with E-state index in [0.717, 1.165) is 10.0 Å². The lowest BCUT2D eigenvalue weighted by Gasteiger charge is -2.05. The molecule has 0 saturated heterocycles. The van der Waals surface area contributed by atoms with E-state index >= 15 is 0 Å². The van der Waals surface area contributed by atoms with Gasteiger partial charge in [-0.15, -0.1) is 10.2 Å². The number of aromatic hydroxyl groups is 1. The molecule has 0 aliphatic rings. The predicted molar refractivity (Wildman–Crippen MR) is 107 cm³/mol. The number of hydrogen-bond acceptors (Lipinski definition) is 4. The number of aryl methyl sites for hydroxylation is 1. The number of carbonyl (C=O) groups is 1. The van der Waals surface area contributed by atoms with Gasteiger partial charge in [-0.25, -0.2) is 0 Å². The first-order valence-corrected chi connectivity index (χ1v) is 9.34. The van der Waals surface area contributed by atoms with Crippen LogP contribution in [0, 0.1) is 6.92 Å². The highest BCUT2D eigenvalue weighted by molar-refractivity contribution is 9.10. The fraction of sp³-hybridized carbons (Fsp3) is 0.118. The van der Waals surface area contributed by atoms with E-state index in [2.05, 4.69) is 47.1 Å².